The number of amides is 2. The molecule has 0 saturated heterocycles. The summed E-state index contributed by atoms with van der Waals surface area (Å²) in [7, 11) is 0. The Morgan fingerprint density at radius 3 is 2.28 bits per heavy atom. The van der Waals surface area contributed by atoms with Gasteiger partial charge in [0, 0.05) is 22.3 Å². The molecule has 132 valence electrons. The minimum Gasteiger partial charge on any atom is -0.462 e. The van der Waals surface area contributed by atoms with Gasteiger partial charge in [0.1, 0.15) is 0 Å². The predicted molar refractivity (Wildman–Crippen MR) is 99.6 cm³/mol. The van der Waals surface area contributed by atoms with Gasteiger partial charge < -0.3 is 15.4 Å². The highest BCUT2D eigenvalue weighted by atomic mass is 35.5. The molecule has 0 aliphatic heterocycles. The SMILES string of the molecule is CCOC(=O)c1ccc(NC(=O)NCCc2c(Cl)cccc2Cl)cc1. The topological polar surface area (TPSA) is 67.4 Å². The van der Waals surface area contributed by atoms with Crippen LogP contribution >= 0.6 is 23.2 Å². The summed E-state index contributed by atoms with van der Waals surface area (Å²) in [6.45, 7) is 2.45. The summed E-state index contributed by atoms with van der Waals surface area (Å²) in [5, 5.41) is 6.57. The molecule has 0 atom stereocenters. The molecule has 0 heterocycles. The van der Waals surface area contributed by atoms with Gasteiger partial charge in [0.15, 0.2) is 0 Å². The zero-order valence-corrected chi connectivity index (χ0v) is 15.2. The van der Waals surface area contributed by atoms with Crippen LogP contribution in [0.1, 0.15) is 22.8 Å². The summed E-state index contributed by atoms with van der Waals surface area (Å²) in [4.78, 5) is 23.5. The number of rotatable bonds is 6. The number of nitrogens with one attached hydrogen (secondary N) is 2. The summed E-state index contributed by atoms with van der Waals surface area (Å²) in [5.74, 6) is -0.393. The van der Waals surface area contributed by atoms with E-state index in [1.54, 1.807) is 49.4 Å². The first-order chi connectivity index (χ1) is 12.0. The Bertz CT molecular complexity index is 728. The Balaban J connectivity index is 1.83. The second-order valence-electron chi connectivity index (χ2n) is 5.13. The van der Waals surface area contributed by atoms with E-state index in [1.165, 1.54) is 0 Å². The Kier molecular flexibility index (Phi) is 7.10. The highest BCUT2D eigenvalue weighted by molar-refractivity contribution is 6.36. The summed E-state index contributed by atoms with van der Waals surface area (Å²) < 4.78 is 4.90. The number of ether oxygens (including phenoxy) is 1. The molecule has 0 spiro atoms. The van der Waals surface area contributed by atoms with E-state index in [9.17, 15) is 9.59 Å². The van der Waals surface area contributed by atoms with Crippen LogP contribution in [0.15, 0.2) is 42.5 Å². The molecule has 25 heavy (non-hydrogen) atoms. The molecule has 0 bridgehead atoms. The van der Waals surface area contributed by atoms with Crippen LogP contribution in [0.2, 0.25) is 10.0 Å². The summed E-state index contributed by atoms with van der Waals surface area (Å²) >= 11 is 12.2. The average molecular weight is 381 g/mol. The predicted octanol–water partition coefficient (Wildman–Crippen LogP) is 4.53. The quantitative estimate of drug-likeness (QED) is 0.723. The van der Waals surface area contributed by atoms with Gasteiger partial charge in [0.2, 0.25) is 0 Å². The lowest BCUT2D eigenvalue weighted by Gasteiger charge is -2.10. The zero-order valence-electron chi connectivity index (χ0n) is 13.6. The van der Waals surface area contributed by atoms with Gasteiger partial charge in [-0.05, 0) is 55.3 Å². The molecule has 2 rings (SSSR count). The number of carbonyl (C=O) groups excluding carboxylic acids is 2. The van der Waals surface area contributed by atoms with Crippen LogP contribution in [0.4, 0.5) is 10.5 Å². The molecule has 0 radical (unpaired) electrons. The minimum atomic E-state index is -0.393. The van der Waals surface area contributed by atoms with Crippen molar-refractivity contribution in [3.8, 4) is 0 Å². The van der Waals surface area contributed by atoms with Gasteiger partial charge in [0.25, 0.3) is 0 Å². The van der Waals surface area contributed by atoms with Crippen LogP contribution in [0.3, 0.4) is 0 Å². The fraction of sp³-hybridized carbons (Fsp3) is 0.222. The maximum atomic E-state index is 11.9. The van der Waals surface area contributed by atoms with E-state index in [-0.39, 0.29) is 6.03 Å². The van der Waals surface area contributed by atoms with E-state index in [0.717, 1.165) is 5.56 Å². The van der Waals surface area contributed by atoms with Crippen molar-refractivity contribution in [3.05, 3.63) is 63.6 Å². The van der Waals surface area contributed by atoms with Crippen molar-refractivity contribution in [2.24, 2.45) is 0 Å². The second kappa shape index (κ2) is 9.30. The molecule has 0 saturated carbocycles. The van der Waals surface area contributed by atoms with Crippen LogP contribution in [0.5, 0.6) is 0 Å². The molecule has 0 aliphatic rings. The van der Waals surface area contributed by atoms with E-state index in [0.29, 0.717) is 40.9 Å². The number of halogens is 2. The van der Waals surface area contributed by atoms with E-state index < -0.39 is 5.97 Å². The van der Waals surface area contributed by atoms with Gasteiger partial charge in [-0.3, -0.25) is 0 Å². The molecule has 5 nitrogen and oxygen atoms in total. The number of esters is 1. The van der Waals surface area contributed by atoms with Crippen molar-refractivity contribution in [2.45, 2.75) is 13.3 Å². The summed E-state index contributed by atoms with van der Waals surface area (Å²) in [6, 6.07) is 11.4. The Morgan fingerprint density at radius 2 is 1.68 bits per heavy atom. The van der Waals surface area contributed by atoms with Gasteiger partial charge >= 0.3 is 12.0 Å². The molecule has 0 fully saturated rings. The van der Waals surface area contributed by atoms with E-state index in [1.807, 2.05) is 0 Å². The van der Waals surface area contributed by atoms with Crippen LogP contribution in [0.25, 0.3) is 0 Å². The van der Waals surface area contributed by atoms with Crippen LogP contribution in [0, 0.1) is 0 Å². The monoisotopic (exact) mass is 380 g/mol. The van der Waals surface area contributed by atoms with Crippen molar-refractivity contribution in [2.75, 3.05) is 18.5 Å². The van der Waals surface area contributed by atoms with Crippen molar-refractivity contribution < 1.29 is 14.3 Å². The molecule has 2 amide bonds. The zero-order chi connectivity index (χ0) is 18.2. The highest BCUT2D eigenvalue weighted by Gasteiger charge is 2.08. The van der Waals surface area contributed by atoms with Gasteiger partial charge in [-0.15, -0.1) is 0 Å². The third kappa shape index (κ3) is 5.66. The molecule has 2 aromatic carbocycles. The molecule has 0 aromatic heterocycles. The standard InChI is InChI=1S/C18H18Cl2N2O3/c1-2-25-17(23)12-6-8-13(9-7-12)22-18(24)21-11-10-14-15(19)4-3-5-16(14)20/h3-9H,2,10-11H2,1H3,(H2,21,22,24). The van der Waals surface area contributed by atoms with E-state index >= 15 is 0 Å². The highest BCUT2D eigenvalue weighted by Crippen LogP contribution is 2.24. The Labute approximate surface area is 156 Å². The largest absolute Gasteiger partial charge is 0.462 e. The number of anilines is 1. The van der Waals surface area contributed by atoms with Gasteiger partial charge in [-0.2, -0.15) is 0 Å². The summed E-state index contributed by atoms with van der Waals surface area (Å²) in [5.41, 5.74) is 1.80. The molecular weight excluding hydrogens is 363 g/mol. The molecule has 7 heteroatoms. The van der Waals surface area contributed by atoms with Crippen LogP contribution in [-0.4, -0.2) is 25.2 Å². The smallest absolute Gasteiger partial charge is 0.338 e. The fourth-order valence-corrected chi connectivity index (χ4v) is 2.74. The maximum absolute atomic E-state index is 11.9. The Hall–Kier alpha value is -2.24. The number of urea groups is 1. The van der Waals surface area contributed by atoms with Crippen LogP contribution < -0.4 is 10.6 Å². The lowest BCUT2D eigenvalue weighted by molar-refractivity contribution is 0.0526. The van der Waals surface area contributed by atoms with Gasteiger partial charge in [-0.1, -0.05) is 29.3 Å². The average Bonchev–Trinajstić information content (AvgIpc) is 2.58. The third-order valence-electron chi connectivity index (χ3n) is 3.38. The second-order valence-corrected chi connectivity index (χ2v) is 5.94. The lowest BCUT2D eigenvalue weighted by atomic mass is 10.1. The molecule has 2 N–H and O–H groups in total. The minimum absolute atomic E-state index is 0.316. The van der Waals surface area contributed by atoms with Crippen molar-refractivity contribution in [3.63, 3.8) is 0 Å². The van der Waals surface area contributed by atoms with Crippen molar-refractivity contribution >= 4 is 40.9 Å². The molecule has 2 aromatic rings. The van der Waals surface area contributed by atoms with Crippen molar-refractivity contribution in [1.29, 1.82) is 0 Å². The Morgan fingerprint density at radius 1 is 1.04 bits per heavy atom. The number of benzene rings is 2. The summed E-state index contributed by atoms with van der Waals surface area (Å²) in [6.07, 6.45) is 0.522. The van der Waals surface area contributed by atoms with Crippen LogP contribution in [-0.2, 0) is 11.2 Å². The van der Waals surface area contributed by atoms with Gasteiger partial charge in [-0.25, -0.2) is 9.59 Å². The van der Waals surface area contributed by atoms with E-state index in [2.05, 4.69) is 10.6 Å². The number of carbonyl (C=O) groups is 2. The molecule has 0 unspecified atom stereocenters. The molecule has 0 aliphatic carbocycles. The first-order valence-electron chi connectivity index (χ1n) is 7.76. The normalized spacial score (nSPS) is 10.2. The lowest BCUT2D eigenvalue weighted by Crippen LogP contribution is -2.30. The number of hydrogen-bond acceptors (Lipinski definition) is 3. The maximum Gasteiger partial charge on any atom is 0.338 e. The molecular formula is C18H18Cl2N2O3. The fourth-order valence-electron chi connectivity index (χ4n) is 2.15. The van der Waals surface area contributed by atoms with E-state index in [4.69, 9.17) is 27.9 Å². The first-order valence-corrected chi connectivity index (χ1v) is 8.51. The van der Waals surface area contributed by atoms with Crippen molar-refractivity contribution in [1.82, 2.24) is 5.32 Å². The third-order valence-corrected chi connectivity index (χ3v) is 4.08. The number of hydrogen-bond donors (Lipinski definition) is 2. The van der Waals surface area contributed by atoms with Gasteiger partial charge in [0.05, 0.1) is 12.2 Å². The first kappa shape index (κ1) is 19.1.